The minimum atomic E-state index is -0.679. The highest BCUT2D eigenvalue weighted by atomic mass is 16.5. The Bertz CT molecular complexity index is 1070. The van der Waals surface area contributed by atoms with Crippen molar-refractivity contribution in [2.75, 3.05) is 33.2 Å². The Morgan fingerprint density at radius 2 is 1.68 bits per heavy atom. The fourth-order valence-electron chi connectivity index (χ4n) is 4.74. The van der Waals surface area contributed by atoms with E-state index < -0.39 is 5.66 Å². The molecule has 4 rings (SSSR count). The van der Waals surface area contributed by atoms with E-state index in [1.807, 2.05) is 30.3 Å². The van der Waals surface area contributed by atoms with Crippen molar-refractivity contribution in [2.24, 2.45) is 10.9 Å². The number of ether oxygens (including phenoxy) is 3. The van der Waals surface area contributed by atoms with Gasteiger partial charge in [0.25, 0.3) is 5.91 Å². The van der Waals surface area contributed by atoms with Crippen LogP contribution in [0.15, 0.2) is 47.5 Å². The number of nitrogens with one attached hydrogen (secondary N) is 1. The molecule has 1 heterocycles. The maximum absolute atomic E-state index is 13.5. The third-order valence-electron chi connectivity index (χ3n) is 6.64. The number of methoxy groups -OCH3 is 3. The highest BCUT2D eigenvalue weighted by Crippen LogP contribution is 2.42. The van der Waals surface area contributed by atoms with E-state index in [0.29, 0.717) is 34.6 Å². The summed E-state index contributed by atoms with van der Waals surface area (Å²) in [6, 6.07) is 12.8. The second kappa shape index (κ2) is 9.75. The quantitative estimate of drug-likeness (QED) is 0.670. The number of nitrogens with zero attached hydrogens (tertiary/aromatic N) is 2. The standard InChI is InChI=1S/C26H31N3O5/c1-17-10-12-26(13-11-17)28-23(18-8-6-5-7-9-18)25(31)29(26)16-22(30)27-19-14-20(32-2)24(34-4)21(15-19)33-3/h5-9,14-15,17H,10-13,16H2,1-4H3,(H,27,30). The van der Waals surface area contributed by atoms with Crippen LogP contribution in [0, 0.1) is 5.92 Å². The Kier molecular flexibility index (Phi) is 6.77. The first-order valence-corrected chi connectivity index (χ1v) is 11.5. The third kappa shape index (κ3) is 4.44. The van der Waals surface area contributed by atoms with Gasteiger partial charge in [-0.05, 0) is 31.6 Å². The number of carbonyl (C=O) groups is 2. The molecule has 1 fully saturated rings. The van der Waals surface area contributed by atoms with E-state index in [-0.39, 0.29) is 18.4 Å². The van der Waals surface area contributed by atoms with Crippen molar-refractivity contribution in [3.05, 3.63) is 48.0 Å². The van der Waals surface area contributed by atoms with E-state index in [4.69, 9.17) is 19.2 Å². The maximum atomic E-state index is 13.5. The van der Waals surface area contributed by atoms with Gasteiger partial charge in [0, 0.05) is 23.4 Å². The van der Waals surface area contributed by atoms with Gasteiger partial charge in [0.05, 0.1) is 21.3 Å². The minimum Gasteiger partial charge on any atom is -0.493 e. The van der Waals surface area contributed by atoms with Gasteiger partial charge in [-0.25, -0.2) is 0 Å². The van der Waals surface area contributed by atoms with Crippen LogP contribution in [0.3, 0.4) is 0 Å². The third-order valence-corrected chi connectivity index (χ3v) is 6.64. The lowest BCUT2D eigenvalue weighted by Crippen LogP contribution is -2.51. The monoisotopic (exact) mass is 465 g/mol. The molecule has 8 heteroatoms. The molecule has 1 N–H and O–H groups in total. The van der Waals surface area contributed by atoms with Crippen LogP contribution in [0.2, 0.25) is 0 Å². The first-order valence-electron chi connectivity index (χ1n) is 11.5. The second-order valence-electron chi connectivity index (χ2n) is 8.84. The summed E-state index contributed by atoms with van der Waals surface area (Å²) in [5.41, 5.74) is 1.01. The molecule has 1 aliphatic carbocycles. The van der Waals surface area contributed by atoms with Crippen LogP contribution in [-0.2, 0) is 9.59 Å². The molecule has 2 aliphatic rings. The number of aliphatic imine (C=N–C) groups is 1. The minimum absolute atomic E-state index is 0.0935. The first-order chi connectivity index (χ1) is 16.4. The van der Waals surface area contributed by atoms with E-state index >= 15 is 0 Å². The number of hydrogen-bond acceptors (Lipinski definition) is 6. The van der Waals surface area contributed by atoms with E-state index in [1.165, 1.54) is 21.3 Å². The van der Waals surface area contributed by atoms with E-state index in [2.05, 4.69) is 12.2 Å². The summed E-state index contributed by atoms with van der Waals surface area (Å²) in [6.45, 7) is 2.12. The van der Waals surface area contributed by atoms with E-state index in [9.17, 15) is 9.59 Å². The molecule has 8 nitrogen and oxygen atoms in total. The van der Waals surface area contributed by atoms with Gasteiger partial charge in [0.2, 0.25) is 11.7 Å². The SMILES string of the molecule is COc1cc(NC(=O)CN2C(=O)C(c3ccccc3)=NC23CCC(C)CC3)cc(OC)c1OC. The topological polar surface area (TPSA) is 89.5 Å². The molecule has 0 atom stereocenters. The maximum Gasteiger partial charge on any atom is 0.275 e. The highest BCUT2D eigenvalue weighted by Gasteiger charge is 2.49. The van der Waals surface area contributed by atoms with Crippen molar-refractivity contribution >= 4 is 23.2 Å². The number of anilines is 1. The fourth-order valence-corrected chi connectivity index (χ4v) is 4.74. The molecular weight excluding hydrogens is 434 g/mol. The number of amides is 2. The molecule has 0 bridgehead atoms. The van der Waals surface area contributed by atoms with Crippen molar-refractivity contribution in [3.63, 3.8) is 0 Å². The van der Waals surface area contributed by atoms with Gasteiger partial charge in [0.1, 0.15) is 17.9 Å². The van der Waals surface area contributed by atoms with Crippen molar-refractivity contribution < 1.29 is 23.8 Å². The summed E-state index contributed by atoms with van der Waals surface area (Å²) in [5, 5.41) is 2.88. The van der Waals surface area contributed by atoms with Gasteiger partial charge in [-0.3, -0.25) is 14.6 Å². The van der Waals surface area contributed by atoms with E-state index in [1.54, 1.807) is 17.0 Å². The Morgan fingerprint density at radius 3 is 2.24 bits per heavy atom. The lowest BCUT2D eigenvalue weighted by atomic mass is 9.82. The number of carbonyl (C=O) groups excluding carboxylic acids is 2. The molecule has 2 aromatic rings. The average molecular weight is 466 g/mol. The molecule has 0 radical (unpaired) electrons. The smallest absolute Gasteiger partial charge is 0.275 e. The molecule has 0 saturated heterocycles. The summed E-state index contributed by atoms with van der Waals surface area (Å²) >= 11 is 0. The van der Waals surface area contributed by atoms with Crippen LogP contribution < -0.4 is 19.5 Å². The summed E-state index contributed by atoms with van der Waals surface area (Å²) in [4.78, 5) is 33.2. The van der Waals surface area contributed by atoms with Gasteiger partial charge in [-0.2, -0.15) is 0 Å². The Balaban J connectivity index is 1.58. The van der Waals surface area contributed by atoms with Gasteiger partial charge >= 0.3 is 0 Å². The fraction of sp³-hybridized carbons (Fsp3) is 0.423. The lowest BCUT2D eigenvalue weighted by Gasteiger charge is -2.40. The summed E-state index contributed by atoms with van der Waals surface area (Å²) < 4.78 is 16.1. The molecule has 2 aromatic carbocycles. The summed E-state index contributed by atoms with van der Waals surface area (Å²) in [6.07, 6.45) is 3.41. The van der Waals surface area contributed by atoms with Crippen LogP contribution >= 0.6 is 0 Å². The van der Waals surface area contributed by atoms with Crippen LogP contribution in [0.5, 0.6) is 17.2 Å². The van der Waals surface area contributed by atoms with Crippen LogP contribution in [0.25, 0.3) is 0 Å². The predicted octanol–water partition coefficient (Wildman–Crippen LogP) is 3.89. The van der Waals surface area contributed by atoms with Gasteiger partial charge in [-0.15, -0.1) is 0 Å². The van der Waals surface area contributed by atoms with Crippen LogP contribution in [0.1, 0.15) is 38.2 Å². The average Bonchev–Trinajstić information content (AvgIpc) is 3.12. The number of hydrogen-bond donors (Lipinski definition) is 1. The zero-order valence-electron chi connectivity index (χ0n) is 20.1. The summed E-state index contributed by atoms with van der Waals surface area (Å²) in [5.74, 6) is 1.36. The predicted molar refractivity (Wildman–Crippen MR) is 130 cm³/mol. The first kappa shape index (κ1) is 23.6. The zero-order chi connectivity index (χ0) is 24.3. The highest BCUT2D eigenvalue weighted by molar-refractivity contribution is 6.47. The van der Waals surface area contributed by atoms with Crippen LogP contribution in [-0.4, -0.2) is 56.0 Å². The van der Waals surface area contributed by atoms with Gasteiger partial charge in [-0.1, -0.05) is 37.3 Å². The van der Waals surface area contributed by atoms with Crippen molar-refractivity contribution in [2.45, 2.75) is 38.3 Å². The van der Waals surface area contributed by atoms with Crippen molar-refractivity contribution in [1.82, 2.24) is 4.90 Å². The molecule has 0 unspecified atom stereocenters. The molecule has 1 saturated carbocycles. The molecule has 2 amide bonds. The van der Waals surface area contributed by atoms with Crippen molar-refractivity contribution in [3.8, 4) is 17.2 Å². The van der Waals surface area contributed by atoms with Gasteiger partial charge < -0.3 is 24.4 Å². The molecule has 0 aromatic heterocycles. The van der Waals surface area contributed by atoms with Crippen LogP contribution in [0.4, 0.5) is 5.69 Å². The Morgan fingerprint density at radius 1 is 1.06 bits per heavy atom. The largest absolute Gasteiger partial charge is 0.493 e. The number of benzene rings is 2. The van der Waals surface area contributed by atoms with Gasteiger partial charge in [0.15, 0.2) is 11.5 Å². The normalized spacial score (nSPS) is 21.9. The van der Waals surface area contributed by atoms with Crippen molar-refractivity contribution in [1.29, 1.82) is 0 Å². The zero-order valence-corrected chi connectivity index (χ0v) is 20.1. The Labute approximate surface area is 199 Å². The lowest BCUT2D eigenvalue weighted by molar-refractivity contribution is -0.134. The summed E-state index contributed by atoms with van der Waals surface area (Å²) in [7, 11) is 4.55. The Hall–Kier alpha value is -3.55. The molecule has 1 spiro atoms. The molecule has 180 valence electrons. The molecule has 1 aliphatic heterocycles. The number of rotatable bonds is 7. The molecule has 34 heavy (non-hydrogen) atoms. The second-order valence-corrected chi connectivity index (χ2v) is 8.84. The van der Waals surface area contributed by atoms with E-state index in [0.717, 1.165) is 31.2 Å². The molecular formula is C26H31N3O5.